The lowest BCUT2D eigenvalue weighted by atomic mass is 10.1. The number of aliphatic hydroxyl groups is 1. The number of anilines is 2. The van der Waals surface area contributed by atoms with Crippen molar-refractivity contribution in [2.24, 2.45) is 0 Å². The van der Waals surface area contributed by atoms with Gasteiger partial charge in [-0.25, -0.2) is 23.7 Å². The first-order valence-corrected chi connectivity index (χ1v) is 8.95. The second kappa shape index (κ2) is 9.79. The van der Waals surface area contributed by atoms with Gasteiger partial charge in [0.1, 0.15) is 19.0 Å². The molecule has 0 spiro atoms. The first-order valence-electron chi connectivity index (χ1n) is 8.95. The van der Waals surface area contributed by atoms with E-state index in [-0.39, 0.29) is 48.4 Å². The lowest BCUT2D eigenvalue weighted by molar-refractivity contribution is 0.196. The number of hydrogen-bond donors (Lipinski definition) is 2. The standard InChI is InChI=1S/C20H20F2N4O4/c1-12-7-16(28-2)19(22)15(18(12)21)11-30-14-9-24-20(25-10-14)26-13-3-4-17(23-8-13)29-6-5-27/h3-4,7-10,27H,5-6,11H2,1-2H3,(H,24,25,26). The van der Waals surface area contributed by atoms with E-state index in [0.29, 0.717) is 11.6 Å². The van der Waals surface area contributed by atoms with Crippen molar-refractivity contribution in [3.63, 3.8) is 0 Å². The summed E-state index contributed by atoms with van der Waals surface area (Å²) >= 11 is 0. The van der Waals surface area contributed by atoms with E-state index in [4.69, 9.17) is 19.3 Å². The summed E-state index contributed by atoms with van der Waals surface area (Å²) in [4.78, 5) is 12.3. The number of nitrogens with one attached hydrogen (secondary N) is 1. The predicted octanol–water partition coefficient (Wildman–Crippen LogP) is 3.16. The van der Waals surface area contributed by atoms with Crippen molar-refractivity contribution in [1.29, 1.82) is 0 Å². The number of rotatable bonds is 9. The van der Waals surface area contributed by atoms with Crippen LogP contribution < -0.4 is 19.5 Å². The van der Waals surface area contributed by atoms with Crippen molar-refractivity contribution in [3.05, 3.63) is 59.6 Å². The van der Waals surface area contributed by atoms with Crippen LogP contribution in [0.2, 0.25) is 0 Å². The molecule has 3 rings (SSSR count). The highest BCUT2D eigenvalue weighted by atomic mass is 19.1. The van der Waals surface area contributed by atoms with E-state index < -0.39 is 11.6 Å². The van der Waals surface area contributed by atoms with E-state index in [2.05, 4.69) is 20.3 Å². The minimum atomic E-state index is -0.807. The lowest BCUT2D eigenvalue weighted by Gasteiger charge is -2.12. The molecule has 8 nitrogen and oxygen atoms in total. The maximum absolute atomic E-state index is 14.3. The number of aromatic nitrogens is 3. The van der Waals surface area contributed by atoms with Crippen molar-refractivity contribution >= 4 is 11.6 Å². The summed E-state index contributed by atoms with van der Waals surface area (Å²) in [5.41, 5.74) is 0.642. The molecule has 0 saturated carbocycles. The SMILES string of the molecule is COc1cc(C)c(F)c(COc2cnc(Nc3ccc(OCCO)nc3)nc2)c1F. The summed E-state index contributed by atoms with van der Waals surface area (Å²) in [6, 6.07) is 4.64. The number of methoxy groups -OCH3 is 1. The van der Waals surface area contributed by atoms with Crippen LogP contribution in [-0.2, 0) is 6.61 Å². The maximum atomic E-state index is 14.3. The zero-order valence-electron chi connectivity index (χ0n) is 16.4. The first kappa shape index (κ1) is 21.2. The summed E-state index contributed by atoms with van der Waals surface area (Å²) in [6.45, 7) is 1.24. The van der Waals surface area contributed by atoms with Gasteiger partial charge in [-0.2, -0.15) is 0 Å². The third-order valence-electron chi connectivity index (χ3n) is 4.00. The Hall–Kier alpha value is -3.53. The fraction of sp³-hybridized carbons (Fsp3) is 0.250. The van der Waals surface area contributed by atoms with E-state index >= 15 is 0 Å². The van der Waals surface area contributed by atoms with Gasteiger partial charge in [0.05, 0.1) is 43.6 Å². The Kier molecular flexibility index (Phi) is 6.91. The van der Waals surface area contributed by atoms with E-state index in [1.54, 1.807) is 12.1 Å². The summed E-state index contributed by atoms with van der Waals surface area (Å²) in [5.74, 6) is -0.644. The zero-order valence-corrected chi connectivity index (χ0v) is 16.4. The quantitative estimate of drug-likeness (QED) is 0.547. The van der Waals surface area contributed by atoms with Crippen LogP contribution in [0.15, 0.2) is 36.8 Å². The Balaban J connectivity index is 1.62. The third kappa shape index (κ3) is 5.09. The molecule has 10 heteroatoms. The van der Waals surface area contributed by atoms with E-state index in [9.17, 15) is 8.78 Å². The van der Waals surface area contributed by atoms with Gasteiger partial charge in [0, 0.05) is 6.07 Å². The Bertz CT molecular complexity index is 986. The summed E-state index contributed by atoms with van der Waals surface area (Å²) in [6.07, 6.45) is 4.28. The number of aliphatic hydroxyl groups excluding tert-OH is 1. The van der Waals surface area contributed by atoms with Gasteiger partial charge >= 0.3 is 0 Å². The number of pyridine rings is 1. The van der Waals surface area contributed by atoms with Crippen molar-refractivity contribution in [2.75, 3.05) is 25.6 Å². The second-order valence-electron chi connectivity index (χ2n) is 6.12. The monoisotopic (exact) mass is 418 g/mol. The maximum Gasteiger partial charge on any atom is 0.227 e. The molecule has 30 heavy (non-hydrogen) atoms. The molecule has 0 aliphatic rings. The molecule has 3 aromatic rings. The number of halogens is 2. The molecule has 0 bridgehead atoms. The minimum absolute atomic E-state index is 0.0512. The van der Waals surface area contributed by atoms with Crippen LogP contribution in [0.3, 0.4) is 0 Å². The van der Waals surface area contributed by atoms with Crippen molar-refractivity contribution in [2.45, 2.75) is 13.5 Å². The molecule has 0 aliphatic carbocycles. The van der Waals surface area contributed by atoms with Gasteiger partial charge in [0.25, 0.3) is 0 Å². The Morgan fingerprint density at radius 3 is 2.43 bits per heavy atom. The minimum Gasteiger partial charge on any atom is -0.494 e. The first-order chi connectivity index (χ1) is 14.5. The molecule has 0 amide bonds. The Morgan fingerprint density at radius 2 is 1.80 bits per heavy atom. The highest BCUT2D eigenvalue weighted by Crippen LogP contribution is 2.27. The average molecular weight is 418 g/mol. The Labute approximate surface area is 171 Å². The summed E-state index contributed by atoms with van der Waals surface area (Å²) < 4.78 is 44.1. The highest BCUT2D eigenvalue weighted by Gasteiger charge is 2.18. The molecule has 0 radical (unpaired) electrons. The largest absolute Gasteiger partial charge is 0.494 e. The summed E-state index contributed by atoms with van der Waals surface area (Å²) in [7, 11) is 1.31. The number of ether oxygens (including phenoxy) is 3. The Morgan fingerprint density at radius 1 is 1.03 bits per heavy atom. The number of nitrogens with zero attached hydrogens (tertiary/aromatic N) is 3. The van der Waals surface area contributed by atoms with Gasteiger partial charge in [0.2, 0.25) is 11.8 Å². The third-order valence-corrected chi connectivity index (χ3v) is 4.00. The van der Waals surface area contributed by atoms with Gasteiger partial charge in [-0.15, -0.1) is 0 Å². The fourth-order valence-electron chi connectivity index (χ4n) is 2.51. The van der Waals surface area contributed by atoms with Crippen molar-refractivity contribution in [1.82, 2.24) is 15.0 Å². The molecule has 0 saturated heterocycles. The molecular weight excluding hydrogens is 398 g/mol. The van der Waals surface area contributed by atoms with Gasteiger partial charge in [-0.3, -0.25) is 0 Å². The van der Waals surface area contributed by atoms with Gasteiger partial charge in [-0.05, 0) is 24.6 Å². The molecule has 0 unspecified atom stereocenters. The second-order valence-corrected chi connectivity index (χ2v) is 6.12. The zero-order chi connectivity index (χ0) is 21.5. The van der Waals surface area contributed by atoms with E-state index in [1.165, 1.54) is 38.7 Å². The van der Waals surface area contributed by atoms with Crippen LogP contribution in [0.5, 0.6) is 17.4 Å². The van der Waals surface area contributed by atoms with Crippen LogP contribution in [0.4, 0.5) is 20.4 Å². The van der Waals surface area contributed by atoms with E-state index in [0.717, 1.165) is 0 Å². The van der Waals surface area contributed by atoms with Crippen LogP contribution in [0.1, 0.15) is 11.1 Å². The predicted molar refractivity (Wildman–Crippen MR) is 104 cm³/mol. The fourth-order valence-corrected chi connectivity index (χ4v) is 2.51. The van der Waals surface area contributed by atoms with Crippen LogP contribution in [0.25, 0.3) is 0 Å². The molecule has 0 fully saturated rings. The van der Waals surface area contributed by atoms with Gasteiger partial charge < -0.3 is 24.6 Å². The number of benzene rings is 1. The average Bonchev–Trinajstić information content (AvgIpc) is 2.77. The molecule has 2 heterocycles. The highest BCUT2D eigenvalue weighted by molar-refractivity contribution is 5.52. The number of aryl methyl sites for hydroxylation is 1. The molecular formula is C20H20F2N4O4. The van der Waals surface area contributed by atoms with Crippen LogP contribution >= 0.6 is 0 Å². The molecule has 2 aromatic heterocycles. The van der Waals surface area contributed by atoms with E-state index in [1.807, 2.05) is 0 Å². The topological polar surface area (TPSA) is 98.6 Å². The molecule has 0 atom stereocenters. The molecule has 1 aromatic carbocycles. The van der Waals surface area contributed by atoms with Gasteiger partial charge in [-0.1, -0.05) is 0 Å². The van der Waals surface area contributed by atoms with Crippen molar-refractivity contribution < 1.29 is 28.1 Å². The van der Waals surface area contributed by atoms with Crippen LogP contribution in [0, 0.1) is 18.6 Å². The normalized spacial score (nSPS) is 10.6. The number of hydrogen-bond acceptors (Lipinski definition) is 8. The molecule has 158 valence electrons. The van der Waals surface area contributed by atoms with Crippen LogP contribution in [-0.4, -0.2) is 40.4 Å². The van der Waals surface area contributed by atoms with Gasteiger partial charge in [0.15, 0.2) is 17.3 Å². The molecule has 0 aliphatic heterocycles. The smallest absolute Gasteiger partial charge is 0.227 e. The van der Waals surface area contributed by atoms with Crippen molar-refractivity contribution in [3.8, 4) is 17.4 Å². The lowest BCUT2D eigenvalue weighted by Crippen LogP contribution is -2.06. The molecule has 2 N–H and O–H groups in total. The summed E-state index contributed by atoms with van der Waals surface area (Å²) in [5, 5.41) is 11.7.